The summed E-state index contributed by atoms with van der Waals surface area (Å²) in [6.07, 6.45) is 4.28. The van der Waals surface area contributed by atoms with E-state index >= 15 is 0 Å². The summed E-state index contributed by atoms with van der Waals surface area (Å²) in [5, 5.41) is 7.83. The summed E-state index contributed by atoms with van der Waals surface area (Å²) in [4.78, 5) is 45.1. The molecule has 0 radical (unpaired) electrons. The molecule has 2 fully saturated rings. The first kappa shape index (κ1) is 37.1. The molecule has 13 heteroatoms. The zero-order valence-corrected chi connectivity index (χ0v) is 29.4. The number of nitrogens with zero attached hydrogens (tertiary/aromatic N) is 2. The Morgan fingerprint density at radius 2 is 2.04 bits per heavy atom. The summed E-state index contributed by atoms with van der Waals surface area (Å²) >= 11 is 6.33. The van der Waals surface area contributed by atoms with Gasteiger partial charge < -0.3 is 29.7 Å². The molecule has 254 valence electrons. The molecule has 2 aliphatic rings. The second-order valence-corrected chi connectivity index (χ2v) is 19.5. The third kappa shape index (κ3) is 12.7. The molecule has 3 rings (SSSR count). The molecule has 0 spiro atoms. The van der Waals surface area contributed by atoms with Gasteiger partial charge in [0, 0.05) is 51.9 Å². The quantitative estimate of drug-likeness (QED) is 0.104. The monoisotopic (exact) mass is 668 g/mol. The first-order valence-corrected chi connectivity index (χ1v) is 20.1. The molecule has 2 saturated heterocycles. The summed E-state index contributed by atoms with van der Waals surface area (Å²) in [7, 11) is -0.110. The molecule has 2 heterocycles. The maximum atomic E-state index is 13.8. The van der Waals surface area contributed by atoms with Crippen LogP contribution in [0.4, 0.5) is 9.59 Å². The van der Waals surface area contributed by atoms with Crippen molar-refractivity contribution in [1.29, 1.82) is 0 Å². The fourth-order valence-corrected chi connectivity index (χ4v) is 6.46. The lowest BCUT2D eigenvalue weighted by molar-refractivity contribution is -0.174. The molecular weight excluding hydrogens is 616 g/mol. The predicted molar refractivity (Wildman–Crippen MR) is 177 cm³/mol. The Morgan fingerprint density at radius 1 is 1.24 bits per heavy atom. The average molecular weight is 669 g/mol. The van der Waals surface area contributed by atoms with Gasteiger partial charge in [0.2, 0.25) is 6.41 Å². The van der Waals surface area contributed by atoms with Crippen molar-refractivity contribution in [2.24, 2.45) is 11.8 Å². The number of nitrogens with one attached hydrogen (secondary N) is 2. The minimum atomic E-state index is -1.43. The van der Waals surface area contributed by atoms with Gasteiger partial charge in [0.15, 0.2) is 0 Å². The second-order valence-electron chi connectivity index (χ2n) is 13.3. The molecule has 45 heavy (non-hydrogen) atoms. The van der Waals surface area contributed by atoms with Crippen LogP contribution < -0.4 is 10.6 Å². The number of carbonyl (C=O) groups is 3. The number of rotatable bonds is 16. The largest absolute Gasteiger partial charge is 0.453 e. The fraction of sp³-hybridized carbons (Fsp3) is 0.719. The molecule has 5 atom stereocenters. The number of ether oxygens (including phenoxy) is 3. The van der Waals surface area contributed by atoms with E-state index in [4.69, 9.17) is 25.9 Å². The van der Waals surface area contributed by atoms with Gasteiger partial charge in [-0.2, -0.15) is 0 Å². The van der Waals surface area contributed by atoms with Crippen LogP contribution in [0.25, 0.3) is 0 Å². The third-order valence-electron chi connectivity index (χ3n) is 8.89. The Labute approximate surface area is 274 Å². The van der Waals surface area contributed by atoms with E-state index in [9.17, 15) is 14.4 Å². The van der Waals surface area contributed by atoms with Crippen LogP contribution in [0.5, 0.6) is 0 Å². The zero-order valence-electron chi connectivity index (χ0n) is 27.6. The number of urea groups is 1. The standard InChI is InChI=1S/C32H53ClN4O7Si/c1-24(45(3,4)5)21-44-37(23-38)20-29(17-25-9-8-15-42-22-25)35-31(39)36-14-7-11-27(19-36)30(26-10-6-12-28(33)18-26)43-16-13-34-32(40)41-2/h6,10,12,18,23-25,27,29-30H,7-9,11,13-17,19-22H2,1-5H3,(H,34,40)(H,35,39)/t24?,25-,27?,29+,30?/m1/s1. The summed E-state index contributed by atoms with van der Waals surface area (Å²) in [5.41, 5.74) is 1.30. The smallest absolute Gasteiger partial charge is 0.406 e. The highest BCUT2D eigenvalue weighted by molar-refractivity contribution is 6.77. The van der Waals surface area contributed by atoms with Crippen LogP contribution in [0, 0.1) is 11.8 Å². The number of methoxy groups -OCH3 is 1. The number of alkyl carbamates (subject to hydrolysis) is 1. The SMILES string of the molecule is COC(=O)NCCOC(c1cccc(Cl)c1)C1CCCN(C(=O)N[C@@H](C[C@H]2CCCOC2)CN(C=O)OCC(C)[Si](C)(C)C)C1. The highest BCUT2D eigenvalue weighted by Crippen LogP contribution is 2.34. The molecule has 0 aliphatic carbocycles. The molecule has 11 nitrogen and oxygen atoms in total. The molecule has 2 N–H and O–H groups in total. The zero-order chi connectivity index (χ0) is 32.8. The van der Waals surface area contributed by atoms with Gasteiger partial charge in [-0.3, -0.25) is 9.63 Å². The Morgan fingerprint density at radius 3 is 2.71 bits per heavy atom. The molecule has 0 aromatic heterocycles. The van der Waals surface area contributed by atoms with E-state index in [0.29, 0.717) is 62.2 Å². The van der Waals surface area contributed by atoms with Crippen LogP contribution in [0.3, 0.4) is 0 Å². The number of piperidine rings is 1. The number of halogens is 1. The Balaban J connectivity index is 1.68. The lowest BCUT2D eigenvalue weighted by atomic mass is 9.88. The van der Waals surface area contributed by atoms with E-state index in [1.165, 1.54) is 12.2 Å². The molecule has 2 aliphatic heterocycles. The van der Waals surface area contributed by atoms with Gasteiger partial charge >= 0.3 is 12.1 Å². The number of likely N-dealkylation sites (tertiary alicyclic amines) is 1. The first-order valence-electron chi connectivity index (χ1n) is 16.2. The molecular formula is C32H53ClN4O7Si. The number of hydrogen-bond acceptors (Lipinski definition) is 7. The van der Waals surface area contributed by atoms with Crippen molar-refractivity contribution in [2.75, 3.05) is 59.7 Å². The highest BCUT2D eigenvalue weighted by atomic mass is 35.5. The van der Waals surface area contributed by atoms with E-state index in [1.54, 1.807) is 0 Å². The lowest BCUT2D eigenvalue weighted by Crippen LogP contribution is -2.52. The van der Waals surface area contributed by atoms with Crippen LogP contribution in [0.1, 0.15) is 50.7 Å². The summed E-state index contributed by atoms with van der Waals surface area (Å²) in [5.74, 6) is 0.316. The Bertz CT molecular complexity index is 1070. The minimum Gasteiger partial charge on any atom is -0.453 e. The van der Waals surface area contributed by atoms with Crippen molar-refractivity contribution in [3.05, 3.63) is 34.9 Å². The number of hydrogen-bond donors (Lipinski definition) is 2. The maximum Gasteiger partial charge on any atom is 0.406 e. The molecule has 1 aromatic carbocycles. The van der Waals surface area contributed by atoms with E-state index in [-0.39, 0.29) is 37.2 Å². The number of amides is 4. The van der Waals surface area contributed by atoms with Gasteiger partial charge in [-0.1, -0.05) is 50.3 Å². The topological polar surface area (TPSA) is 119 Å². The van der Waals surface area contributed by atoms with Crippen molar-refractivity contribution in [3.63, 3.8) is 0 Å². The predicted octanol–water partition coefficient (Wildman–Crippen LogP) is 5.48. The van der Waals surface area contributed by atoms with E-state index < -0.39 is 14.2 Å². The van der Waals surface area contributed by atoms with E-state index in [2.05, 4.69) is 41.9 Å². The average Bonchev–Trinajstić information content (AvgIpc) is 3.02. The van der Waals surface area contributed by atoms with Crippen molar-refractivity contribution in [2.45, 2.75) is 76.4 Å². The van der Waals surface area contributed by atoms with Crippen molar-refractivity contribution in [3.8, 4) is 0 Å². The summed E-state index contributed by atoms with van der Waals surface area (Å²) in [6.45, 7) is 12.8. The molecule has 0 saturated carbocycles. The van der Waals surface area contributed by atoms with Gasteiger partial charge in [0.05, 0.1) is 39.0 Å². The van der Waals surface area contributed by atoms with Gasteiger partial charge in [-0.05, 0) is 61.3 Å². The van der Waals surface area contributed by atoms with Crippen molar-refractivity contribution < 1.29 is 33.4 Å². The first-order chi connectivity index (χ1) is 21.5. The maximum absolute atomic E-state index is 13.8. The van der Waals surface area contributed by atoms with Crippen LogP contribution in [-0.2, 0) is 23.8 Å². The Kier molecular flexibility index (Phi) is 15.4. The van der Waals surface area contributed by atoms with Crippen molar-refractivity contribution in [1.82, 2.24) is 20.6 Å². The molecule has 0 bridgehead atoms. The number of carbonyl (C=O) groups excluding carboxylic acids is 3. The van der Waals surface area contributed by atoms with E-state index in [0.717, 1.165) is 37.9 Å². The lowest BCUT2D eigenvalue weighted by Gasteiger charge is -2.38. The second kappa shape index (κ2) is 18.7. The van der Waals surface area contributed by atoms with Crippen LogP contribution in [0.15, 0.2) is 24.3 Å². The fourth-order valence-electron chi connectivity index (χ4n) is 5.68. The summed E-state index contributed by atoms with van der Waals surface area (Å²) in [6, 6.07) is 7.11. The number of hydroxylamine groups is 2. The molecule has 3 unspecified atom stereocenters. The molecule has 4 amide bonds. The van der Waals surface area contributed by atoms with Crippen LogP contribution >= 0.6 is 11.6 Å². The Hall–Kier alpha value is -2.38. The van der Waals surface area contributed by atoms with Crippen LogP contribution in [0.2, 0.25) is 30.2 Å². The minimum absolute atomic E-state index is 0.0177. The van der Waals surface area contributed by atoms with Crippen molar-refractivity contribution >= 4 is 38.2 Å². The third-order valence-corrected chi connectivity index (χ3v) is 12.2. The normalized spacial score (nSPS) is 20.9. The highest BCUT2D eigenvalue weighted by Gasteiger charge is 2.33. The van der Waals surface area contributed by atoms with Gasteiger partial charge in [-0.15, -0.1) is 0 Å². The van der Waals surface area contributed by atoms with Crippen LogP contribution in [-0.4, -0.2) is 102 Å². The number of benzene rings is 1. The van der Waals surface area contributed by atoms with Gasteiger partial charge in [0.1, 0.15) is 0 Å². The molecule has 1 aromatic rings. The summed E-state index contributed by atoms with van der Waals surface area (Å²) < 4.78 is 16.7. The van der Waals surface area contributed by atoms with Gasteiger partial charge in [-0.25, -0.2) is 14.7 Å². The van der Waals surface area contributed by atoms with Gasteiger partial charge in [0.25, 0.3) is 0 Å². The van der Waals surface area contributed by atoms with E-state index in [1.807, 2.05) is 29.2 Å².